The van der Waals surface area contributed by atoms with Crippen LogP contribution in [0, 0.1) is 6.92 Å². The Kier molecular flexibility index (Phi) is 3.91. The molecular weight excluding hydrogens is 280 g/mol. The minimum absolute atomic E-state index is 0.255. The molecular formula is C16H18N4O2. The zero-order valence-electron chi connectivity index (χ0n) is 12.6. The van der Waals surface area contributed by atoms with Crippen LogP contribution in [-0.4, -0.2) is 29.0 Å². The summed E-state index contributed by atoms with van der Waals surface area (Å²) in [4.78, 5) is 20.8. The number of nitrogens with one attached hydrogen (secondary N) is 2. The van der Waals surface area contributed by atoms with Gasteiger partial charge in [-0.1, -0.05) is 0 Å². The van der Waals surface area contributed by atoms with E-state index < -0.39 is 0 Å². The number of aromatic nitrogens is 2. The second kappa shape index (κ2) is 6.01. The van der Waals surface area contributed by atoms with Crippen molar-refractivity contribution in [3.8, 4) is 5.75 Å². The van der Waals surface area contributed by atoms with Gasteiger partial charge < -0.3 is 15.4 Å². The number of anilines is 2. The van der Waals surface area contributed by atoms with Gasteiger partial charge >= 0.3 is 0 Å². The predicted molar refractivity (Wildman–Crippen MR) is 84.4 cm³/mol. The van der Waals surface area contributed by atoms with E-state index in [2.05, 4.69) is 20.6 Å². The van der Waals surface area contributed by atoms with Gasteiger partial charge in [-0.05, 0) is 44.0 Å². The lowest BCUT2D eigenvalue weighted by atomic mass is 10.3. The number of benzene rings is 1. The van der Waals surface area contributed by atoms with Gasteiger partial charge in [0.1, 0.15) is 23.1 Å². The third-order valence-corrected chi connectivity index (χ3v) is 3.35. The number of carbonyl (C=O) groups is 1. The van der Waals surface area contributed by atoms with E-state index in [0.29, 0.717) is 29.1 Å². The van der Waals surface area contributed by atoms with Crippen LogP contribution in [0.2, 0.25) is 0 Å². The highest BCUT2D eigenvalue weighted by molar-refractivity contribution is 6.03. The van der Waals surface area contributed by atoms with Crippen molar-refractivity contribution in [1.82, 2.24) is 9.97 Å². The monoisotopic (exact) mass is 298 g/mol. The first-order valence-corrected chi connectivity index (χ1v) is 7.21. The molecule has 1 saturated carbocycles. The maximum Gasteiger partial charge on any atom is 0.274 e. The summed E-state index contributed by atoms with van der Waals surface area (Å²) >= 11 is 0. The smallest absolute Gasteiger partial charge is 0.274 e. The van der Waals surface area contributed by atoms with Crippen LogP contribution in [0.25, 0.3) is 0 Å². The first kappa shape index (κ1) is 14.3. The highest BCUT2D eigenvalue weighted by Gasteiger charge is 2.22. The molecule has 0 radical (unpaired) electrons. The first-order chi connectivity index (χ1) is 10.6. The number of methoxy groups -OCH3 is 1. The van der Waals surface area contributed by atoms with Gasteiger partial charge in [0.25, 0.3) is 5.91 Å². The third-order valence-electron chi connectivity index (χ3n) is 3.35. The summed E-state index contributed by atoms with van der Waals surface area (Å²) in [6.07, 6.45) is 2.30. The van der Waals surface area contributed by atoms with Crippen LogP contribution in [0.4, 0.5) is 11.5 Å². The SMILES string of the molecule is COc1ccc(NC(=O)c2cc(NC3CC3)nc(C)n2)cc1. The maximum absolute atomic E-state index is 12.3. The predicted octanol–water partition coefficient (Wildman–Crippen LogP) is 2.62. The molecule has 1 aromatic heterocycles. The highest BCUT2D eigenvalue weighted by Crippen LogP contribution is 2.24. The van der Waals surface area contributed by atoms with E-state index in [-0.39, 0.29) is 5.91 Å². The Morgan fingerprint density at radius 2 is 1.95 bits per heavy atom. The number of ether oxygens (including phenoxy) is 1. The molecule has 22 heavy (non-hydrogen) atoms. The minimum Gasteiger partial charge on any atom is -0.497 e. The average Bonchev–Trinajstić information content (AvgIpc) is 3.31. The molecule has 1 amide bonds. The van der Waals surface area contributed by atoms with E-state index in [9.17, 15) is 4.79 Å². The Balaban J connectivity index is 1.74. The number of nitrogens with zero attached hydrogens (tertiary/aromatic N) is 2. The Hall–Kier alpha value is -2.63. The molecule has 0 aliphatic heterocycles. The summed E-state index contributed by atoms with van der Waals surface area (Å²) in [6, 6.07) is 9.32. The summed E-state index contributed by atoms with van der Waals surface area (Å²) < 4.78 is 5.09. The lowest BCUT2D eigenvalue weighted by Crippen LogP contribution is -2.16. The molecule has 1 aromatic carbocycles. The number of hydrogen-bond donors (Lipinski definition) is 2. The van der Waals surface area contributed by atoms with Crippen molar-refractivity contribution in [2.24, 2.45) is 0 Å². The Morgan fingerprint density at radius 1 is 1.23 bits per heavy atom. The molecule has 0 bridgehead atoms. The normalized spacial score (nSPS) is 13.5. The lowest BCUT2D eigenvalue weighted by Gasteiger charge is -2.09. The van der Waals surface area contributed by atoms with Gasteiger partial charge in [-0.15, -0.1) is 0 Å². The molecule has 6 heteroatoms. The van der Waals surface area contributed by atoms with E-state index in [1.807, 2.05) is 0 Å². The second-order valence-corrected chi connectivity index (χ2v) is 5.29. The Labute approximate surface area is 128 Å². The molecule has 0 spiro atoms. The van der Waals surface area contributed by atoms with Crippen LogP contribution in [0.3, 0.4) is 0 Å². The van der Waals surface area contributed by atoms with Crippen molar-refractivity contribution in [1.29, 1.82) is 0 Å². The Morgan fingerprint density at radius 3 is 2.59 bits per heavy atom. The van der Waals surface area contributed by atoms with Crippen molar-refractivity contribution >= 4 is 17.4 Å². The molecule has 3 rings (SSSR count). The van der Waals surface area contributed by atoms with E-state index in [4.69, 9.17) is 4.74 Å². The van der Waals surface area contributed by atoms with E-state index in [1.54, 1.807) is 44.4 Å². The van der Waals surface area contributed by atoms with Gasteiger partial charge in [0.2, 0.25) is 0 Å². The fourth-order valence-electron chi connectivity index (χ4n) is 2.06. The summed E-state index contributed by atoms with van der Waals surface area (Å²) in [5, 5.41) is 6.10. The molecule has 0 saturated heterocycles. The standard InChI is InChI=1S/C16H18N4O2/c1-10-17-14(9-15(18-10)19-11-3-4-11)16(21)20-12-5-7-13(22-2)8-6-12/h5-9,11H,3-4H2,1-2H3,(H,20,21)(H,17,18,19). The molecule has 1 heterocycles. The average molecular weight is 298 g/mol. The molecule has 114 valence electrons. The molecule has 1 aliphatic rings. The number of aryl methyl sites for hydroxylation is 1. The zero-order valence-corrected chi connectivity index (χ0v) is 12.6. The van der Waals surface area contributed by atoms with Gasteiger partial charge in [0.15, 0.2) is 0 Å². The molecule has 2 N–H and O–H groups in total. The fraction of sp³-hybridized carbons (Fsp3) is 0.312. The van der Waals surface area contributed by atoms with E-state index in [1.165, 1.54) is 0 Å². The van der Waals surface area contributed by atoms with Crippen molar-refractivity contribution in [2.45, 2.75) is 25.8 Å². The number of rotatable bonds is 5. The van der Waals surface area contributed by atoms with Gasteiger partial charge in [-0.25, -0.2) is 9.97 Å². The number of carbonyl (C=O) groups excluding carboxylic acids is 1. The van der Waals surface area contributed by atoms with Gasteiger partial charge in [0, 0.05) is 17.8 Å². The lowest BCUT2D eigenvalue weighted by molar-refractivity contribution is 0.102. The highest BCUT2D eigenvalue weighted by atomic mass is 16.5. The zero-order chi connectivity index (χ0) is 15.5. The van der Waals surface area contributed by atoms with Crippen molar-refractivity contribution < 1.29 is 9.53 Å². The molecule has 0 unspecified atom stereocenters. The molecule has 0 atom stereocenters. The second-order valence-electron chi connectivity index (χ2n) is 5.29. The van der Waals surface area contributed by atoms with E-state index >= 15 is 0 Å². The van der Waals surface area contributed by atoms with Crippen molar-refractivity contribution in [3.63, 3.8) is 0 Å². The molecule has 2 aromatic rings. The van der Waals surface area contributed by atoms with Crippen LogP contribution < -0.4 is 15.4 Å². The summed E-state index contributed by atoms with van der Waals surface area (Å²) in [7, 11) is 1.60. The van der Waals surface area contributed by atoms with E-state index in [0.717, 1.165) is 18.6 Å². The molecule has 1 aliphatic carbocycles. The number of amides is 1. The topological polar surface area (TPSA) is 76.1 Å². The van der Waals surface area contributed by atoms with Crippen LogP contribution in [0.15, 0.2) is 30.3 Å². The largest absolute Gasteiger partial charge is 0.497 e. The summed E-state index contributed by atoms with van der Waals surface area (Å²) in [6.45, 7) is 1.78. The van der Waals surface area contributed by atoms with Crippen molar-refractivity contribution in [2.75, 3.05) is 17.7 Å². The van der Waals surface area contributed by atoms with Crippen LogP contribution in [-0.2, 0) is 0 Å². The summed E-state index contributed by atoms with van der Waals surface area (Å²) in [5.41, 5.74) is 1.05. The number of hydrogen-bond acceptors (Lipinski definition) is 5. The fourth-order valence-corrected chi connectivity index (χ4v) is 2.06. The summed E-state index contributed by atoms with van der Waals surface area (Å²) in [5.74, 6) is 1.77. The maximum atomic E-state index is 12.3. The quantitative estimate of drug-likeness (QED) is 0.887. The molecule has 1 fully saturated rings. The van der Waals surface area contributed by atoms with Crippen LogP contribution >= 0.6 is 0 Å². The van der Waals surface area contributed by atoms with Crippen molar-refractivity contribution in [3.05, 3.63) is 41.9 Å². The van der Waals surface area contributed by atoms with Gasteiger partial charge in [0.05, 0.1) is 7.11 Å². The van der Waals surface area contributed by atoms with Gasteiger partial charge in [-0.3, -0.25) is 4.79 Å². The van der Waals surface area contributed by atoms with Crippen LogP contribution in [0.1, 0.15) is 29.2 Å². The molecule has 6 nitrogen and oxygen atoms in total. The third kappa shape index (κ3) is 3.52. The minimum atomic E-state index is -0.255. The van der Waals surface area contributed by atoms with Gasteiger partial charge in [-0.2, -0.15) is 0 Å². The van der Waals surface area contributed by atoms with Crippen LogP contribution in [0.5, 0.6) is 5.75 Å². The Bertz CT molecular complexity index is 681. The first-order valence-electron chi connectivity index (χ1n) is 7.21.